The van der Waals surface area contributed by atoms with Gasteiger partial charge in [-0.15, -0.1) is 0 Å². The van der Waals surface area contributed by atoms with Gasteiger partial charge in [0, 0.05) is 4.47 Å². The van der Waals surface area contributed by atoms with E-state index in [4.69, 9.17) is 11.6 Å². The average Bonchev–Trinajstić information content (AvgIpc) is 2.10. The van der Waals surface area contributed by atoms with Gasteiger partial charge in [0.1, 0.15) is 0 Å². The highest BCUT2D eigenvalue weighted by molar-refractivity contribution is 9.10. The molecule has 1 aromatic carbocycles. The van der Waals surface area contributed by atoms with E-state index in [1.165, 1.54) is 0 Å². The monoisotopic (exact) mass is 290 g/mol. The molecule has 1 amide bonds. The largest absolute Gasteiger partial charge is 0.323 e. The second kappa shape index (κ2) is 5.49. The van der Waals surface area contributed by atoms with Crippen molar-refractivity contribution < 1.29 is 4.79 Å². The smallest absolute Gasteiger partial charge is 0.238 e. The first kappa shape index (κ1) is 12.5. The van der Waals surface area contributed by atoms with E-state index in [1.54, 1.807) is 11.0 Å². The molecular weight excluding hydrogens is 279 g/mol. The number of anilines is 1. The van der Waals surface area contributed by atoms with E-state index in [0.29, 0.717) is 17.3 Å². The molecule has 82 valence electrons. The predicted octanol–water partition coefficient (Wildman–Crippen LogP) is 2.60. The average molecular weight is 292 g/mol. The Bertz CT molecular complexity index is 348. The van der Waals surface area contributed by atoms with Crippen LogP contribution in [-0.2, 0) is 4.79 Å². The summed E-state index contributed by atoms with van der Waals surface area (Å²) in [6, 6.07) is 5.38. The summed E-state index contributed by atoms with van der Waals surface area (Å²) in [7, 11) is 3.67. The van der Waals surface area contributed by atoms with Crippen molar-refractivity contribution >= 4 is 39.1 Å². The molecule has 0 saturated carbocycles. The zero-order valence-corrected chi connectivity index (χ0v) is 10.9. The Morgan fingerprint density at radius 1 is 1.53 bits per heavy atom. The highest BCUT2D eigenvalue weighted by atomic mass is 79.9. The summed E-state index contributed by atoms with van der Waals surface area (Å²) in [5, 5.41) is 3.27. The van der Waals surface area contributed by atoms with Crippen molar-refractivity contribution in [2.75, 3.05) is 26.0 Å². The van der Waals surface area contributed by atoms with Gasteiger partial charge in [-0.3, -0.25) is 4.79 Å². The van der Waals surface area contributed by atoms with Crippen LogP contribution in [0.4, 0.5) is 5.69 Å². The molecule has 0 saturated heterocycles. The number of nitrogens with zero attached hydrogens (tertiary/aromatic N) is 1. The molecule has 1 N–H and O–H groups in total. The number of para-hydroxylation sites is 1. The van der Waals surface area contributed by atoms with Crippen LogP contribution in [0.25, 0.3) is 0 Å². The van der Waals surface area contributed by atoms with Gasteiger partial charge in [-0.2, -0.15) is 0 Å². The van der Waals surface area contributed by atoms with Crippen LogP contribution >= 0.6 is 27.5 Å². The Kier molecular flexibility index (Phi) is 4.57. The molecule has 0 aliphatic carbocycles. The maximum Gasteiger partial charge on any atom is 0.238 e. The highest BCUT2D eigenvalue weighted by Gasteiger charge is 2.09. The molecule has 15 heavy (non-hydrogen) atoms. The topological polar surface area (TPSA) is 32.3 Å². The summed E-state index contributed by atoms with van der Waals surface area (Å²) in [5.41, 5.74) is 0.617. The number of carbonyl (C=O) groups excluding carboxylic acids is 1. The van der Waals surface area contributed by atoms with Gasteiger partial charge in [-0.05, 0) is 42.2 Å². The summed E-state index contributed by atoms with van der Waals surface area (Å²) in [4.78, 5) is 13.3. The highest BCUT2D eigenvalue weighted by Crippen LogP contribution is 2.29. The van der Waals surface area contributed by atoms with Gasteiger partial charge in [-0.1, -0.05) is 17.7 Å². The van der Waals surface area contributed by atoms with Gasteiger partial charge in [0.2, 0.25) is 5.91 Å². The van der Waals surface area contributed by atoms with Crippen LogP contribution in [0.1, 0.15) is 0 Å². The minimum atomic E-state index is -0.0891. The summed E-state index contributed by atoms with van der Waals surface area (Å²) in [6.07, 6.45) is 0. The molecule has 0 aliphatic rings. The Labute approximate surface area is 103 Å². The second-order valence-corrected chi connectivity index (χ2v) is 4.64. The third kappa shape index (κ3) is 3.81. The standard InChI is InChI=1S/C10H12BrClN2O/c1-14(2)6-9(15)13-10-7(11)4-3-5-8(10)12/h3-5H,6H2,1-2H3,(H,13,15). The van der Waals surface area contributed by atoms with E-state index in [-0.39, 0.29) is 5.91 Å². The minimum absolute atomic E-state index is 0.0891. The number of hydrogen-bond acceptors (Lipinski definition) is 2. The number of likely N-dealkylation sites (N-methyl/N-ethyl adjacent to an activating group) is 1. The lowest BCUT2D eigenvalue weighted by molar-refractivity contribution is -0.116. The van der Waals surface area contributed by atoms with Crippen molar-refractivity contribution in [3.05, 3.63) is 27.7 Å². The normalized spacial score (nSPS) is 10.5. The quantitative estimate of drug-likeness (QED) is 0.928. The molecule has 0 fully saturated rings. The molecule has 1 aromatic rings. The molecular formula is C10H12BrClN2O. The van der Waals surface area contributed by atoms with Gasteiger partial charge in [0.05, 0.1) is 17.3 Å². The minimum Gasteiger partial charge on any atom is -0.323 e. The molecule has 5 heteroatoms. The number of carbonyl (C=O) groups is 1. The molecule has 0 aromatic heterocycles. The number of halogens is 2. The van der Waals surface area contributed by atoms with Crippen molar-refractivity contribution in [2.24, 2.45) is 0 Å². The first-order valence-corrected chi connectivity index (χ1v) is 5.56. The van der Waals surface area contributed by atoms with Crippen LogP contribution in [0.3, 0.4) is 0 Å². The lowest BCUT2D eigenvalue weighted by atomic mass is 10.3. The predicted molar refractivity (Wildman–Crippen MR) is 66.3 cm³/mol. The van der Waals surface area contributed by atoms with Crippen LogP contribution in [-0.4, -0.2) is 31.4 Å². The zero-order valence-electron chi connectivity index (χ0n) is 8.55. The molecule has 0 bridgehead atoms. The lowest BCUT2D eigenvalue weighted by Crippen LogP contribution is -2.27. The number of nitrogens with one attached hydrogen (secondary N) is 1. The lowest BCUT2D eigenvalue weighted by Gasteiger charge is -2.12. The fourth-order valence-corrected chi connectivity index (χ4v) is 1.88. The molecule has 0 unspecified atom stereocenters. The molecule has 0 atom stereocenters. The molecule has 1 rings (SSSR count). The van der Waals surface area contributed by atoms with Crippen molar-refractivity contribution in [3.8, 4) is 0 Å². The number of benzene rings is 1. The van der Waals surface area contributed by atoms with E-state index in [2.05, 4.69) is 21.2 Å². The molecule has 0 heterocycles. The Morgan fingerprint density at radius 3 is 2.73 bits per heavy atom. The van der Waals surface area contributed by atoms with Crippen LogP contribution in [0.15, 0.2) is 22.7 Å². The number of hydrogen-bond donors (Lipinski definition) is 1. The van der Waals surface area contributed by atoms with Crippen LogP contribution in [0, 0.1) is 0 Å². The molecule has 0 spiro atoms. The van der Waals surface area contributed by atoms with Crippen molar-refractivity contribution in [3.63, 3.8) is 0 Å². The Balaban J connectivity index is 2.76. The van der Waals surface area contributed by atoms with E-state index in [9.17, 15) is 4.79 Å². The third-order valence-electron chi connectivity index (χ3n) is 1.69. The van der Waals surface area contributed by atoms with Crippen LogP contribution in [0.5, 0.6) is 0 Å². The van der Waals surface area contributed by atoms with Gasteiger partial charge >= 0.3 is 0 Å². The Hall–Kier alpha value is -0.580. The van der Waals surface area contributed by atoms with Gasteiger partial charge in [-0.25, -0.2) is 0 Å². The molecule has 3 nitrogen and oxygen atoms in total. The summed E-state index contributed by atoms with van der Waals surface area (Å²) >= 11 is 9.28. The number of amides is 1. The first-order chi connectivity index (χ1) is 7.00. The van der Waals surface area contributed by atoms with E-state index in [1.807, 2.05) is 26.2 Å². The van der Waals surface area contributed by atoms with Gasteiger partial charge in [0.25, 0.3) is 0 Å². The first-order valence-electron chi connectivity index (χ1n) is 4.39. The number of rotatable bonds is 3. The fourth-order valence-electron chi connectivity index (χ4n) is 1.08. The summed E-state index contributed by atoms with van der Waals surface area (Å²) in [5.74, 6) is -0.0891. The van der Waals surface area contributed by atoms with Crippen molar-refractivity contribution in [1.82, 2.24) is 4.90 Å². The maximum atomic E-state index is 11.5. The summed E-state index contributed by atoms with van der Waals surface area (Å²) < 4.78 is 0.780. The van der Waals surface area contributed by atoms with Crippen LogP contribution in [0.2, 0.25) is 5.02 Å². The van der Waals surface area contributed by atoms with Crippen molar-refractivity contribution in [1.29, 1.82) is 0 Å². The Morgan fingerprint density at radius 2 is 2.20 bits per heavy atom. The van der Waals surface area contributed by atoms with E-state index < -0.39 is 0 Å². The van der Waals surface area contributed by atoms with E-state index in [0.717, 1.165) is 4.47 Å². The summed E-state index contributed by atoms with van der Waals surface area (Å²) in [6.45, 7) is 0.331. The zero-order chi connectivity index (χ0) is 11.4. The second-order valence-electron chi connectivity index (χ2n) is 3.38. The van der Waals surface area contributed by atoms with Gasteiger partial charge in [0.15, 0.2) is 0 Å². The van der Waals surface area contributed by atoms with Crippen molar-refractivity contribution in [2.45, 2.75) is 0 Å². The fraction of sp³-hybridized carbons (Fsp3) is 0.300. The molecule has 0 aliphatic heterocycles. The SMILES string of the molecule is CN(C)CC(=O)Nc1c(Cl)cccc1Br. The maximum absolute atomic E-state index is 11.5. The van der Waals surface area contributed by atoms with Crippen LogP contribution < -0.4 is 5.32 Å². The van der Waals surface area contributed by atoms with E-state index >= 15 is 0 Å². The van der Waals surface area contributed by atoms with Gasteiger partial charge < -0.3 is 10.2 Å². The molecule has 0 radical (unpaired) electrons. The third-order valence-corrected chi connectivity index (χ3v) is 2.66.